The smallest absolute Gasteiger partial charge is 0.407 e. The molecular weight excluding hydrogens is 498 g/mol. The largest absolute Gasteiger partial charge is 0.444 e. The van der Waals surface area contributed by atoms with Crippen LogP contribution in [0, 0.1) is 17.6 Å². The highest BCUT2D eigenvalue weighted by atomic mass is 19.1. The molecule has 4 atom stereocenters. The summed E-state index contributed by atoms with van der Waals surface area (Å²) in [7, 11) is 0. The van der Waals surface area contributed by atoms with Crippen LogP contribution in [0.15, 0.2) is 42.5 Å². The Balaban J connectivity index is 1.86. The van der Waals surface area contributed by atoms with Crippen molar-refractivity contribution in [3.8, 4) is 0 Å². The van der Waals surface area contributed by atoms with Crippen molar-refractivity contribution in [3.05, 3.63) is 70.8 Å². The number of alkyl carbamates (subject to hydrolysis) is 1. The summed E-state index contributed by atoms with van der Waals surface area (Å²) in [6.45, 7) is 14.3. The van der Waals surface area contributed by atoms with E-state index in [1.165, 1.54) is 23.3 Å². The van der Waals surface area contributed by atoms with Crippen molar-refractivity contribution in [1.82, 2.24) is 10.6 Å². The second-order valence-corrected chi connectivity index (χ2v) is 13.3. The first-order chi connectivity index (χ1) is 18.1. The van der Waals surface area contributed by atoms with Crippen LogP contribution in [-0.4, -0.2) is 35.5 Å². The Bertz CT molecular complexity index is 1100. The lowest BCUT2D eigenvalue weighted by atomic mass is 9.71. The summed E-state index contributed by atoms with van der Waals surface area (Å²) in [6, 6.07) is 11.1. The standard InChI is InChI=1S/C32H46F2N2O3/c1-21-10-9-13-32(19-21,24-12-8-11-23(17-24)30(2,3)4)35-20-28(37)27(36-29(38)39-31(5,6)7)16-22-14-25(33)18-26(34)15-22/h8,11-12,14-15,17-18,21,27-28,35,37H,9-10,13,16,19-20H2,1-7H3,(H,36,38). The fourth-order valence-corrected chi connectivity index (χ4v) is 5.53. The predicted octanol–water partition coefficient (Wildman–Crippen LogP) is 6.75. The molecule has 0 heterocycles. The average Bonchev–Trinajstić information content (AvgIpc) is 2.80. The Kier molecular flexibility index (Phi) is 9.82. The van der Waals surface area contributed by atoms with E-state index in [-0.39, 0.29) is 23.9 Å². The van der Waals surface area contributed by atoms with Gasteiger partial charge in [-0.1, -0.05) is 64.8 Å². The Morgan fingerprint density at radius 3 is 2.36 bits per heavy atom. The lowest BCUT2D eigenvalue weighted by molar-refractivity contribution is 0.0404. The van der Waals surface area contributed by atoms with Gasteiger partial charge in [0.2, 0.25) is 0 Å². The van der Waals surface area contributed by atoms with E-state index in [9.17, 15) is 18.7 Å². The monoisotopic (exact) mass is 544 g/mol. The molecule has 1 saturated carbocycles. The summed E-state index contributed by atoms with van der Waals surface area (Å²) in [5.74, 6) is -0.905. The highest BCUT2D eigenvalue weighted by molar-refractivity contribution is 5.68. The number of ether oxygens (including phenoxy) is 1. The van der Waals surface area contributed by atoms with Crippen LogP contribution in [0.3, 0.4) is 0 Å². The van der Waals surface area contributed by atoms with E-state index in [2.05, 4.69) is 62.6 Å². The lowest BCUT2D eigenvalue weighted by Crippen LogP contribution is -2.54. The van der Waals surface area contributed by atoms with Crippen LogP contribution in [0.2, 0.25) is 0 Å². The minimum absolute atomic E-state index is 0.000338. The van der Waals surface area contributed by atoms with E-state index in [0.717, 1.165) is 31.7 Å². The van der Waals surface area contributed by atoms with Crippen molar-refractivity contribution in [1.29, 1.82) is 0 Å². The van der Waals surface area contributed by atoms with E-state index < -0.39 is 35.5 Å². The van der Waals surface area contributed by atoms with Crippen LogP contribution in [0.4, 0.5) is 13.6 Å². The molecule has 0 aromatic heterocycles. The van der Waals surface area contributed by atoms with Gasteiger partial charge in [-0.3, -0.25) is 0 Å². The van der Waals surface area contributed by atoms with Gasteiger partial charge in [0, 0.05) is 18.2 Å². The van der Waals surface area contributed by atoms with Gasteiger partial charge in [0.15, 0.2) is 0 Å². The molecule has 216 valence electrons. The number of hydrogen-bond donors (Lipinski definition) is 3. The fraction of sp³-hybridized carbons (Fsp3) is 0.594. The summed E-state index contributed by atoms with van der Waals surface area (Å²) in [5.41, 5.74) is 1.71. The van der Waals surface area contributed by atoms with Crippen molar-refractivity contribution < 1.29 is 23.4 Å². The van der Waals surface area contributed by atoms with Crippen LogP contribution in [0.5, 0.6) is 0 Å². The van der Waals surface area contributed by atoms with Gasteiger partial charge in [-0.25, -0.2) is 13.6 Å². The van der Waals surface area contributed by atoms with Gasteiger partial charge in [0.1, 0.15) is 17.2 Å². The topological polar surface area (TPSA) is 70.6 Å². The highest BCUT2D eigenvalue weighted by Gasteiger charge is 2.38. The molecule has 2 aromatic rings. The number of rotatable bonds is 8. The van der Waals surface area contributed by atoms with Gasteiger partial charge in [0.05, 0.1) is 12.1 Å². The fourth-order valence-electron chi connectivity index (χ4n) is 5.53. The highest BCUT2D eigenvalue weighted by Crippen LogP contribution is 2.41. The number of aliphatic hydroxyl groups is 1. The Hall–Kier alpha value is -2.51. The van der Waals surface area contributed by atoms with Crippen LogP contribution in [0.1, 0.15) is 90.8 Å². The molecule has 0 spiro atoms. The van der Waals surface area contributed by atoms with Gasteiger partial charge in [-0.2, -0.15) is 0 Å². The molecule has 0 saturated heterocycles. The molecule has 3 rings (SSSR count). The third-order valence-electron chi connectivity index (χ3n) is 7.47. The third-order valence-corrected chi connectivity index (χ3v) is 7.47. The third kappa shape index (κ3) is 9.00. The number of carbonyl (C=O) groups is 1. The van der Waals surface area contributed by atoms with Gasteiger partial charge in [-0.05, 0) is 80.2 Å². The van der Waals surface area contributed by atoms with Crippen molar-refractivity contribution in [3.63, 3.8) is 0 Å². The van der Waals surface area contributed by atoms with Gasteiger partial charge < -0.3 is 20.5 Å². The van der Waals surface area contributed by atoms with E-state index >= 15 is 0 Å². The van der Waals surface area contributed by atoms with Crippen LogP contribution < -0.4 is 10.6 Å². The van der Waals surface area contributed by atoms with E-state index in [0.29, 0.717) is 11.5 Å². The van der Waals surface area contributed by atoms with E-state index in [4.69, 9.17) is 4.74 Å². The minimum Gasteiger partial charge on any atom is -0.444 e. The number of carbonyl (C=O) groups excluding carboxylic acids is 1. The van der Waals surface area contributed by atoms with Crippen molar-refractivity contribution in [2.75, 3.05) is 6.54 Å². The summed E-state index contributed by atoms with van der Waals surface area (Å²) < 4.78 is 33.3. The molecule has 39 heavy (non-hydrogen) atoms. The molecule has 1 aliphatic rings. The van der Waals surface area contributed by atoms with Crippen molar-refractivity contribution in [2.45, 2.75) is 109 Å². The zero-order chi connectivity index (χ0) is 29.0. The zero-order valence-corrected chi connectivity index (χ0v) is 24.5. The van der Waals surface area contributed by atoms with Crippen LogP contribution >= 0.6 is 0 Å². The van der Waals surface area contributed by atoms with E-state index in [1.54, 1.807) is 20.8 Å². The lowest BCUT2D eigenvalue weighted by Gasteiger charge is -2.43. The first-order valence-corrected chi connectivity index (χ1v) is 14.0. The molecule has 1 fully saturated rings. The SMILES string of the molecule is CC1CCCC(NCC(O)C(Cc2cc(F)cc(F)c2)NC(=O)OC(C)(C)C)(c2cccc(C(C)(C)C)c2)C1. The molecular formula is C32H46F2N2O3. The maximum atomic E-state index is 13.9. The number of halogens is 2. The first kappa shape index (κ1) is 31.0. The molecule has 0 radical (unpaired) electrons. The average molecular weight is 545 g/mol. The first-order valence-electron chi connectivity index (χ1n) is 14.0. The van der Waals surface area contributed by atoms with Crippen LogP contribution in [0.25, 0.3) is 0 Å². The summed E-state index contributed by atoms with van der Waals surface area (Å²) in [4.78, 5) is 12.6. The summed E-state index contributed by atoms with van der Waals surface area (Å²) in [6.07, 6.45) is 2.37. The second kappa shape index (κ2) is 12.3. The summed E-state index contributed by atoms with van der Waals surface area (Å²) >= 11 is 0. The Morgan fingerprint density at radius 2 is 1.77 bits per heavy atom. The van der Waals surface area contributed by atoms with Gasteiger partial charge >= 0.3 is 6.09 Å². The maximum absolute atomic E-state index is 13.9. The normalized spacial score (nSPS) is 21.7. The maximum Gasteiger partial charge on any atom is 0.407 e. The Labute approximate surface area is 232 Å². The number of nitrogens with one attached hydrogen (secondary N) is 2. The van der Waals surface area contributed by atoms with Crippen molar-refractivity contribution in [2.24, 2.45) is 5.92 Å². The van der Waals surface area contributed by atoms with Crippen molar-refractivity contribution >= 4 is 6.09 Å². The number of hydrogen-bond acceptors (Lipinski definition) is 4. The minimum atomic E-state index is -1.04. The van der Waals surface area contributed by atoms with E-state index in [1.807, 2.05) is 0 Å². The Morgan fingerprint density at radius 1 is 1.10 bits per heavy atom. The number of aliphatic hydroxyl groups excluding tert-OH is 1. The molecule has 1 aliphatic carbocycles. The summed E-state index contributed by atoms with van der Waals surface area (Å²) in [5, 5.41) is 17.8. The molecule has 3 N–H and O–H groups in total. The zero-order valence-electron chi connectivity index (χ0n) is 24.5. The molecule has 5 nitrogen and oxygen atoms in total. The number of amides is 1. The molecule has 1 amide bonds. The molecule has 4 unspecified atom stereocenters. The van der Waals surface area contributed by atoms with Gasteiger partial charge in [0.25, 0.3) is 0 Å². The molecule has 2 aromatic carbocycles. The quantitative estimate of drug-likeness (QED) is 0.344. The predicted molar refractivity (Wildman–Crippen MR) is 152 cm³/mol. The second-order valence-electron chi connectivity index (χ2n) is 13.3. The van der Waals surface area contributed by atoms with Gasteiger partial charge in [-0.15, -0.1) is 0 Å². The molecule has 0 aliphatic heterocycles. The molecule has 7 heteroatoms. The van der Waals surface area contributed by atoms with Crippen LogP contribution in [-0.2, 0) is 22.1 Å². The number of benzene rings is 2. The molecule has 0 bridgehead atoms.